The highest BCUT2D eigenvalue weighted by Gasteiger charge is 2.07. The maximum absolute atomic E-state index is 6.03. The first-order chi connectivity index (χ1) is 7.24. The lowest BCUT2D eigenvalue weighted by atomic mass is 10.4. The fraction of sp³-hybridized carbons (Fsp3) is 0.545. The van der Waals surface area contributed by atoms with E-state index in [1.54, 1.807) is 18.0 Å². The Morgan fingerprint density at radius 1 is 1.60 bits per heavy atom. The molecule has 1 rings (SSSR count). The molecule has 0 aromatic carbocycles. The van der Waals surface area contributed by atoms with Gasteiger partial charge in [0.2, 0.25) is 0 Å². The molecule has 0 spiro atoms. The van der Waals surface area contributed by atoms with Gasteiger partial charge in [-0.1, -0.05) is 25.4 Å². The molecule has 0 bridgehead atoms. The lowest BCUT2D eigenvalue weighted by molar-refractivity contribution is 0.668. The Morgan fingerprint density at radius 3 is 3.07 bits per heavy atom. The predicted molar refractivity (Wildman–Crippen MR) is 67.7 cm³/mol. The molecule has 0 saturated heterocycles. The van der Waals surface area contributed by atoms with Crippen LogP contribution in [0.2, 0.25) is 5.02 Å². The summed E-state index contributed by atoms with van der Waals surface area (Å²) in [5.41, 5.74) is 0. The van der Waals surface area contributed by atoms with Crippen molar-refractivity contribution in [2.75, 3.05) is 13.1 Å². The van der Waals surface area contributed by atoms with Gasteiger partial charge in [0, 0.05) is 18.0 Å². The van der Waals surface area contributed by atoms with Crippen LogP contribution in [0.15, 0.2) is 23.4 Å². The number of nitrogens with zero attached hydrogens (tertiary/aromatic N) is 1. The third-order valence-electron chi connectivity index (χ3n) is 1.90. The Labute approximate surface area is 101 Å². The van der Waals surface area contributed by atoms with Crippen molar-refractivity contribution < 1.29 is 0 Å². The summed E-state index contributed by atoms with van der Waals surface area (Å²) in [7, 11) is 0. The molecule has 1 aromatic rings. The number of halogens is 1. The van der Waals surface area contributed by atoms with Gasteiger partial charge in [0.1, 0.15) is 5.03 Å². The number of rotatable bonds is 6. The average Bonchev–Trinajstić information content (AvgIpc) is 2.22. The number of nitrogens with one attached hydrogen (secondary N) is 1. The molecule has 0 aliphatic carbocycles. The number of aromatic nitrogens is 1. The highest BCUT2D eigenvalue weighted by molar-refractivity contribution is 8.00. The molecule has 0 fully saturated rings. The zero-order valence-corrected chi connectivity index (χ0v) is 10.7. The second-order valence-electron chi connectivity index (χ2n) is 3.42. The van der Waals surface area contributed by atoms with Crippen molar-refractivity contribution in [2.24, 2.45) is 0 Å². The van der Waals surface area contributed by atoms with E-state index in [1.807, 2.05) is 12.1 Å². The zero-order chi connectivity index (χ0) is 11.1. The molecule has 84 valence electrons. The van der Waals surface area contributed by atoms with Crippen LogP contribution in [0.4, 0.5) is 0 Å². The largest absolute Gasteiger partial charge is 0.316 e. The van der Waals surface area contributed by atoms with Crippen LogP contribution in [-0.2, 0) is 0 Å². The van der Waals surface area contributed by atoms with E-state index in [-0.39, 0.29) is 0 Å². The monoisotopic (exact) mass is 244 g/mol. The Morgan fingerprint density at radius 2 is 2.40 bits per heavy atom. The van der Waals surface area contributed by atoms with E-state index < -0.39 is 0 Å². The van der Waals surface area contributed by atoms with E-state index in [9.17, 15) is 0 Å². The Kier molecular flexibility index (Phi) is 6.06. The molecule has 0 aliphatic rings. The van der Waals surface area contributed by atoms with Gasteiger partial charge in [-0.15, -0.1) is 11.8 Å². The Bertz CT molecular complexity index is 294. The zero-order valence-electron chi connectivity index (χ0n) is 9.16. The van der Waals surface area contributed by atoms with E-state index in [0.29, 0.717) is 5.25 Å². The maximum Gasteiger partial charge on any atom is 0.115 e. The molecule has 4 heteroatoms. The summed E-state index contributed by atoms with van der Waals surface area (Å²) in [6.07, 6.45) is 2.95. The third-order valence-corrected chi connectivity index (χ3v) is 3.43. The van der Waals surface area contributed by atoms with Gasteiger partial charge in [0.15, 0.2) is 0 Å². The van der Waals surface area contributed by atoms with Crippen molar-refractivity contribution in [3.8, 4) is 0 Å². The molecule has 1 aromatic heterocycles. The summed E-state index contributed by atoms with van der Waals surface area (Å²) in [6, 6.07) is 3.73. The smallest absolute Gasteiger partial charge is 0.115 e. The van der Waals surface area contributed by atoms with Gasteiger partial charge in [0.05, 0.1) is 5.02 Å². The highest BCUT2D eigenvalue weighted by Crippen LogP contribution is 2.27. The van der Waals surface area contributed by atoms with E-state index in [1.165, 1.54) is 6.42 Å². The topological polar surface area (TPSA) is 24.9 Å². The first-order valence-corrected chi connectivity index (χ1v) is 6.47. The quantitative estimate of drug-likeness (QED) is 0.615. The van der Waals surface area contributed by atoms with Gasteiger partial charge in [-0.2, -0.15) is 0 Å². The van der Waals surface area contributed by atoms with Crippen LogP contribution in [0.25, 0.3) is 0 Å². The summed E-state index contributed by atoms with van der Waals surface area (Å²) >= 11 is 7.74. The van der Waals surface area contributed by atoms with Crippen molar-refractivity contribution in [1.29, 1.82) is 0 Å². The molecule has 1 heterocycles. The van der Waals surface area contributed by atoms with Crippen LogP contribution in [0.5, 0.6) is 0 Å². The first kappa shape index (κ1) is 12.8. The summed E-state index contributed by atoms with van der Waals surface area (Å²) < 4.78 is 0. The Hall–Kier alpha value is -0.250. The molecule has 2 nitrogen and oxygen atoms in total. The number of hydrogen-bond acceptors (Lipinski definition) is 3. The van der Waals surface area contributed by atoms with Crippen LogP contribution in [0, 0.1) is 0 Å². The molecule has 0 aliphatic heterocycles. The molecule has 0 radical (unpaired) electrons. The second-order valence-corrected chi connectivity index (χ2v) is 5.26. The summed E-state index contributed by atoms with van der Waals surface area (Å²) in [5.74, 6) is 0. The van der Waals surface area contributed by atoms with Crippen molar-refractivity contribution in [3.05, 3.63) is 23.4 Å². The lowest BCUT2D eigenvalue weighted by Gasteiger charge is -2.11. The van der Waals surface area contributed by atoms with Crippen LogP contribution in [0.1, 0.15) is 20.3 Å². The molecular weight excluding hydrogens is 228 g/mol. The third kappa shape index (κ3) is 4.87. The molecular formula is C11H17ClN2S. The van der Waals surface area contributed by atoms with Crippen LogP contribution < -0.4 is 5.32 Å². The molecule has 1 N–H and O–H groups in total. The highest BCUT2D eigenvalue weighted by atomic mass is 35.5. The fourth-order valence-electron chi connectivity index (χ4n) is 1.17. The van der Waals surface area contributed by atoms with Crippen molar-refractivity contribution in [1.82, 2.24) is 10.3 Å². The number of pyridine rings is 1. The molecule has 0 amide bonds. The summed E-state index contributed by atoms with van der Waals surface area (Å²) in [5, 5.41) is 5.53. The molecule has 0 saturated carbocycles. The summed E-state index contributed by atoms with van der Waals surface area (Å²) in [4.78, 5) is 4.25. The van der Waals surface area contributed by atoms with E-state index in [2.05, 4.69) is 24.1 Å². The van der Waals surface area contributed by atoms with Crippen LogP contribution in [-0.4, -0.2) is 23.3 Å². The maximum atomic E-state index is 6.03. The normalized spacial score (nSPS) is 12.7. The second kappa shape index (κ2) is 7.09. The minimum absolute atomic E-state index is 0.490. The van der Waals surface area contributed by atoms with E-state index in [4.69, 9.17) is 11.6 Å². The number of hydrogen-bond donors (Lipinski definition) is 1. The van der Waals surface area contributed by atoms with E-state index in [0.717, 1.165) is 23.1 Å². The van der Waals surface area contributed by atoms with Crippen LogP contribution in [0.3, 0.4) is 0 Å². The summed E-state index contributed by atoms with van der Waals surface area (Å²) in [6.45, 7) is 6.41. The molecule has 15 heavy (non-hydrogen) atoms. The minimum atomic E-state index is 0.490. The van der Waals surface area contributed by atoms with Gasteiger partial charge in [0.25, 0.3) is 0 Å². The molecule has 1 unspecified atom stereocenters. The van der Waals surface area contributed by atoms with Gasteiger partial charge in [-0.05, 0) is 25.1 Å². The minimum Gasteiger partial charge on any atom is -0.316 e. The number of thioether (sulfide) groups is 1. The van der Waals surface area contributed by atoms with Gasteiger partial charge >= 0.3 is 0 Å². The standard InChI is InChI=1S/C11H17ClN2S/c1-3-6-13-8-9(2)15-11-10(12)5-4-7-14-11/h4-5,7,9,13H,3,6,8H2,1-2H3. The average molecular weight is 245 g/mol. The van der Waals surface area contributed by atoms with E-state index >= 15 is 0 Å². The SMILES string of the molecule is CCCNCC(C)Sc1ncccc1Cl. The van der Waals surface area contributed by atoms with Gasteiger partial charge < -0.3 is 5.32 Å². The van der Waals surface area contributed by atoms with Crippen molar-refractivity contribution >= 4 is 23.4 Å². The van der Waals surface area contributed by atoms with Crippen molar-refractivity contribution in [3.63, 3.8) is 0 Å². The molecule has 1 atom stereocenters. The lowest BCUT2D eigenvalue weighted by Crippen LogP contribution is -2.23. The van der Waals surface area contributed by atoms with Crippen molar-refractivity contribution in [2.45, 2.75) is 30.5 Å². The fourth-order valence-corrected chi connectivity index (χ4v) is 2.31. The Balaban J connectivity index is 2.37. The van der Waals surface area contributed by atoms with Gasteiger partial charge in [-0.3, -0.25) is 0 Å². The van der Waals surface area contributed by atoms with Gasteiger partial charge in [-0.25, -0.2) is 4.98 Å². The van der Waals surface area contributed by atoms with Crippen LogP contribution >= 0.6 is 23.4 Å². The predicted octanol–water partition coefficient (Wildman–Crippen LogP) is 3.22. The first-order valence-electron chi connectivity index (χ1n) is 5.22.